The highest BCUT2D eigenvalue weighted by Gasteiger charge is 2.49. The van der Waals surface area contributed by atoms with Gasteiger partial charge < -0.3 is 34.5 Å². The number of anilines is 3. The Morgan fingerprint density at radius 1 is 1.18 bits per heavy atom. The summed E-state index contributed by atoms with van der Waals surface area (Å²) in [5.41, 5.74) is 1.52. The fraction of sp³-hybridized carbons (Fsp3) is 0.370. The van der Waals surface area contributed by atoms with Gasteiger partial charge in [0, 0.05) is 36.9 Å². The van der Waals surface area contributed by atoms with Crippen molar-refractivity contribution in [2.24, 2.45) is 0 Å². The number of amides is 1. The quantitative estimate of drug-likeness (QED) is 0.380. The number of carbonyl (C=O) groups excluding carboxylic acids is 1. The topological polar surface area (TPSA) is 107 Å². The first kappa shape index (κ1) is 27.2. The molecule has 2 aliphatic heterocycles. The maximum atomic E-state index is 13.7. The zero-order chi connectivity index (χ0) is 27.5. The number of aromatic nitrogens is 2. The number of halogens is 2. The molecule has 1 amide bonds. The Bertz CT molecular complexity index is 1390. The predicted molar refractivity (Wildman–Crippen MR) is 145 cm³/mol. The van der Waals surface area contributed by atoms with Crippen molar-refractivity contribution in [2.75, 3.05) is 51.6 Å². The van der Waals surface area contributed by atoms with Crippen LogP contribution in [0.2, 0.25) is 5.02 Å². The Morgan fingerprint density at radius 3 is 2.69 bits per heavy atom. The number of hydrogen-bond acceptors (Lipinski definition) is 9. The van der Waals surface area contributed by atoms with Gasteiger partial charge in [0.25, 0.3) is 0 Å². The van der Waals surface area contributed by atoms with E-state index in [-0.39, 0.29) is 29.2 Å². The number of hydrogen-bond donors (Lipinski definition) is 2. The van der Waals surface area contributed by atoms with Crippen LogP contribution in [0, 0.1) is 5.82 Å². The Labute approximate surface area is 230 Å². The molecule has 39 heavy (non-hydrogen) atoms. The molecule has 3 aromatic rings. The van der Waals surface area contributed by atoms with Gasteiger partial charge in [0.2, 0.25) is 5.91 Å². The van der Waals surface area contributed by atoms with E-state index in [2.05, 4.69) is 20.6 Å². The highest BCUT2D eigenvalue weighted by Crippen LogP contribution is 2.37. The lowest BCUT2D eigenvalue weighted by atomic mass is 10.1. The predicted octanol–water partition coefficient (Wildman–Crippen LogP) is 3.78. The average molecular weight is 558 g/mol. The number of benzene rings is 2. The minimum atomic E-state index is -0.523. The van der Waals surface area contributed by atoms with Gasteiger partial charge >= 0.3 is 0 Å². The standard InChI is InChI=1S/C27H29ClFN5O5/c1-34(2)8-4-5-24(35)33-20-10-16-19(30-14-31-27(16)32-15-6-7-18(29)17(28)9-15)11-21(20)39-23-13-38-25-22(36-3)12-37-26(23)25/h4-7,9-11,14,22-23,25-26H,8,12-13H2,1-3H3,(H,33,35)(H,30,31,32). The van der Waals surface area contributed by atoms with Crippen LogP contribution >= 0.6 is 11.6 Å². The highest BCUT2D eigenvalue weighted by molar-refractivity contribution is 6.31. The summed E-state index contributed by atoms with van der Waals surface area (Å²) in [5, 5.41) is 6.64. The summed E-state index contributed by atoms with van der Waals surface area (Å²) >= 11 is 5.95. The summed E-state index contributed by atoms with van der Waals surface area (Å²) < 4.78 is 37.3. The van der Waals surface area contributed by atoms with E-state index in [1.165, 1.54) is 24.5 Å². The molecule has 3 heterocycles. The lowest BCUT2D eigenvalue weighted by Crippen LogP contribution is -2.35. The van der Waals surface area contributed by atoms with E-state index in [9.17, 15) is 9.18 Å². The second-order valence-corrected chi connectivity index (χ2v) is 9.93. The molecule has 1 aromatic heterocycles. The number of ether oxygens (including phenoxy) is 4. The van der Waals surface area contributed by atoms with Crippen LogP contribution in [0.3, 0.4) is 0 Å². The zero-order valence-electron chi connectivity index (χ0n) is 21.7. The summed E-state index contributed by atoms with van der Waals surface area (Å²) in [7, 11) is 5.45. The molecule has 10 nitrogen and oxygen atoms in total. The van der Waals surface area contributed by atoms with Crippen LogP contribution in [-0.2, 0) is 19.0 Å². The molecule has 0 spiro atoms. The van der Waals surface area contributed by atoms with Crippen molar-refractivity contribution in [1.29, 1.82) is 0 Å². The second-order valence-electron chi connectivity index (χ2n) is 9.52. The van der Waals surface area contributed by atoms with Crippen LogP contribution in [0.5, 0.6) is 5.75 Å². The molecule has 0 bridgehead atoms. The molecule has 2 aliphatic rings. The van der Waals surface area contributed by atoms with Gasteiger partial charge in [0.15, 0.2) is 6.10 Å². The monoisotopic (exact) mass is 557 g/mol. The molecule has 2 N–H and O–H groups in total. The largest absolute Gasteiger partial charge is 0.483 e. The second kappa shape index (κ2) is 11.8. The molecule has 2 fully saturated rings. The summed E-state index contributed by atoms with van der Waals surface area (Å²) in [6, 6.07) is 7.75. The minimum Gasteiger partial charge on any atom is -0.483 e. The van der Waals surface area contributed by atoms with E-state index in [1.807, 2.05) is 19.0 Å². The number of likely N-dealkylation sites (N-methyl/N-ethyl adjacent to an activating group) is 1. The van der Waals surface area contributed by atoms with Gasteiger partial charge in [-0.3, -0.25) is 4.79 Å². The van der Waals surface area contributed by atoms with Crippen LogP contribution in [0.15, 0.2) is 48.8 Å². The number of rotatable bonds is 9. The molecule has 2 saturated heterocycles. The highest BCUT2D eigenvalue weighted by atomic mass is 35.5. The first-order chi connectivity index (χ1) is 18.8. The summed E-state index contributed by atoms with van der Waals surface area (Å²) in [6.45, 7) is 1.34. The van der Waals surface area contributed by atoms with Gasteiger partial charge in [-0.05, 0) is 38.4 Å². The Balaban J connectivity index is 1.47. The fourth-order valence-electron chi connectivity index (χ4n) is 4.53. The molecule has 206 valence electrons. The van der Waals surface area contributed by atoms with Crippen LogP contribution in [-0.4, -0.2) is 86.2 Å². The fourth-order valence-corrected chi connectivity index (χ4v) is 4.71. The summed E-state index contributed by atoms with van der Waals surface area (Å²) in [6.07, 6.45) is 3.52. The van der Waals surface area contributed by atoms with Gasteiger partial charge in [-0.15, -0.1) is 0 Å². The summed E-state index contributed by atoms with van der Waals surface area (Å²) in [5.74, 6) is 0.00385. The van der Waals surface area contributed by atoms with Crippen LogP contribution in [0.1, 0.15) is 0 Å². The normalized spacial score (nSPS) is 22.5. The van der Waals surface area contributed by atoms with Gasteiger partial charge in [-0.25, -0.2) is 14.4 Å². The molecule has 4 unspecified atom stereocenters. The molecular formula is C27H29ClFN5O5. The third-order valence-corrected chi connectivity index (χ3v) is 6.75. The van der Waals surface area contributed by atoms with E-state index in [4.69, 9.17) is 30.5 Å². The van der Waals surface area contributed by atoms with Crippen molar-refractivity contribution < 1.29 is 28.1 Å². The first-order valence-corrected chi connectivity index (χ1v) is 12.8. The third kappa shape index (κ3) is 6.13. The van der Waals surface area contributed by atoms with Crippen LogP contribution < -0.4 is 15.4 Å². The number of methoxy groups -OCH3 is 1. The Morgan fingerprint density at radius 2 is 1.95 bits per heavy atom. The molecule has 0 aliphatic carbocycles. The van der Waals surface area contributed by atoms with Gasteiger partial charge in [-0.1, -0.05) is 17.7 Å². The average Bonchev–Trinajstić information content (AvgIpc) is 3.49. The van der Waals surface area contributed by atoms with Crippen LogP contribution in [0.25, 0.3) is 10.9 Å². The summed E-state index contributed by atoms with van der Waals surface area (Å²) in [4.78, 5) is 23.5. The molecule has 4 atom stereocenters. The van der Waals surface area contributed by atoms with E-state index in [0.717, 1.165) is 0 Å². The van der Waals surface area contributed by atoms with Gasteiger partial charge in [0.05, 0.1) is 29.4 Å². The van der Waals surface area contributed by atoms with Crippen molar-refractivity contribution in [2.45, 2.75) is 24.4 Å². The van der Waals surface area contributed by atoms with Gasteiger partial charge in [0.1, 0.15) is 42.0 Å². The van der Waals surface area contributed by atoms with Crippen molar-refractivity contribution >= 4 is 45.6 Å². The molecule has 0 saturated carbocycles. The number of nitrogens with one attached hydrogen (secondary N) is 2. The third-order valence-electron chi connectivity index (χ3n) is 6.46. The molecule has 5 rings (SSSR count). The van der Waals surface area contributed by atoms with Crippen molar-refractivity contribution in [3.8, 4) is 5.75 Å². The van der Waals surface area contributed by atoms with E-state index in [0.29, 0.717) is 53.6 Å². The Hall–Kier alpha value is -3.35. The number of carbonyl (C=O) groups is 1. The number of nitrogens with zero attached hydrogens (tertiary/aromatic N) is 3. The maximum absolute atomic E-state index is 13.7. The number of fused-ring (bicyclic) bond motifs is 2. The van der Waals surface area contributed by atoms with Gasteiger partial charge in [-0.2, -0.15) is 0 Å². The van der Waals surface area contributed by atoms with Crippen molar-refractivity contribution in [3.63, 3.8) is 0 Å². The molecule has 0 radical (unpaired) electrons. The molecular weight excluding hydrogens is 529 g/mol. The molecule has 12 heteroatoms. The lowest BCUT2D eigenvalue weighted by molar-refractivity contribution is -0.111. The lowest BCUT2D eigenvalue weighted by Gasteiger charge is -2.21. The van der Waals surface area contributed by atoms with Crippen LogP contribution in [0.4, 0.5) is 21.6 Å². The van der Waals surface area contributed by atoms with Crippen molar-refractivity contribution in [1.82, 2.24) is 14.9 Å². The minimum absolute atomic E-state index is 0.0200. The smallest absolute Gasteiger partial charge is 0.248 e. The van der Waals surface area contributed by atoms with E-state index >= 15 is 0 Å². The maximum Gasteiger partial charge on any atom is 0.248 e. The SMILES string of the molecule is COC1COC2C(Oc3cc4ncnc(Nc5ccc(F)c(Cl)c5)c4cc3NC(=O)C=CCN(C)C)COC12. The Kier molecular flexibility index (Phi) is 8.24. The van der Waals surface area contributed by atoms with E-state index < -0.39 is 11.9 Å². The van der Waals surface area contributed by atoms with E-state index in [1.54, 1.807) is 31.4 Å². The first-order valence-electron chi connectivity index (χ1n) is 12.4. The zero-order valence-corrected chi connectivity index (χ0v) is 22.4. The van der Waals surface area contributed by atoms with Crippen molar-refractivity contribution in [3.05, 3.63) is 59.7 Å². The molecule has 2 aromatic carbocycles.